The summed E-state index contributed by atoms with van der Waals surface area (Å²) in [6.07, 6.45) is 4.15. The highest BCUT2D eigenvalue weighted by atomic mass is 19.1. The van der Waals surface area contributed by atoms with Crippen LogP contribution in [0.4, 0.5) is 10.2 Å². The van der Waals surface area contributed by atoms with Gasteiger partial charge in [-0.1, -0.05) is 6.08 Å². The van der Waals surface area contributed by atoms with Crippen LogP contribution in [0.2, 0.25) is 0 Å². The maximum absolute atomic E-state index is 13.8. The summed E-state index contributed by atoms with van der Waals surface area (Å²) >= 11 is 0. The molecule has 1 heterocycles. The van der Waals surface area contributed by atoms with Crippen molar-refractivity contribution in [3.63, 3.8) is 0 Å². The highest BCUT2D eigenvalue weighted by Gasteiger charge is 2.24. The van der Waals surface area contributed by atoms with Crippen molar-refractivity contribution in [3.05, 3.63) is 34.7 Å². The Kier molecular flexibility index (Phi) is 4.15. The van der Waals surface area contributed by atoms with Crippen LogP contribution in [0, 0.1) is 5.82 Å². The van der Waals surface area contributed by atoms with Crippen LogP contribution in [0.3, 0.4) is 0 Å². The Morgan fingerprint density at radius 2 is 2.14 bits per heavy atom. The number of carbonyl (C=O) groups is 2. The van der Waals surface area contributed by atoms with Crippen LogP contribution in [0.15, 0.2) is 23.1 Å². The average molecular weight is 295 g/mol. The molecule has 7 nitrogen and oxygen atoms in total. The molecule has 1 aromatic heterocycles. The molecule has 0 saturated heterocycles. The molecular formula is C13H14FN3O4. The van der Waals surface area contributed by atoms with E-state index in [4.69, 9.17) is 4.74 Å². The number of nitrogens with one attached hydrogen (secondary N) is 1. The van der Waals surface area contributed by atoms with Gasteiger partial charge in [-0.25, -0.2) is 9.18 Å². The first-order valence-electron chi connectivity index (χ1n) is 6.28. The number of esters is 1. The maximum Gasteiger partial charge on any atom is 0.350 e. The SMILES string of the molecule is CC(=O)Nc1nc(=O)n(C2C=CC(OC(C)=O)C2)cc1F. The van der Waals surface area contributed by atoms with Crippen molar-refractivity contribution >= 4 is 17.7 Å². The molecule has 2 atom stereocenters. The molecule has 2 unspecified atom stereocenters. The third kappa shape index (κ3) is 3.53. The van der Waals surface area contributed by atoms with Crippen LogP contribution in [0.25, 0.3) is 0 Å². The quantitative estimate of drug-likeness (QED) is 0.657. The van der Waals surface area contributed by atoms with Crippen LogP contribution in [-0.4, -0.2) is 27.5 Å². The molecule has 0 spiro atoms. The standard InChI is InChI=1S/C13H14FN3O4/c1-7(18)15-12-11(14)6-17(13(20)16-12)9-3-4-10(5-9)21-8(2)19/h3-4,6,9-10H,5H2,1-2H3,(H,15,16,18,20). The number of amides is 1. The first-order valence-corrected chi connectivity index (χ1v) is 6.28. The van der Waals surface area contributed by atoms with E-state index >= 15 is 0 Å². The lowest BCUT2D eigenvalue weighted by atomic mass is 10.2. The van der Waals surface area contributed by atoms with Gasteiger partial charge in [-0.15, -0.1) is 0 Å². The number of hydrogen-bond donors (Lipinski definition) is 1. The van der Waals surface area contributed by atoms with Crippen molar-refractivity contribution in [2.75, 3.05) is 5.32 Å². The second-order valence-corrected chi connectivity index (χ2v) is 4.64. The van der Waals surface area contributed by atoms with E-state index in [0.29, 0.717) is 6.42 Å². The molecule has 1 N–H and O–H groups in total. The third-order valence-corrected chi connectivity index (χ3v) is 2.90. The van der Waals surface area contributed by atoms with E-state index in [2.05, 4.69) is 10.3 Å². The van der Waals surface area contributed by atoms with E-state index in [9.17, 15) is 18.8 Å². The van der Waals surface area contributed by atoms with Crippen molar-refractivity contribution in [1.29, 1.82) is 0 Å². The number of anilines is 1. The van der Waals surface area contributed by atoms with Crippen LogP contribution in [-0.2, 0) is 14.3 Å². The molecule has 112 valence electrons. The summed E-state index contributed by atoms with van der Waals surface area (Å²) in [6, 6.07) is -0.449. The first-order chi connectivity index (χ1) is 9.86. The second-order valence-electron chi connectivity index (χ2n) is 4.64. The topological polar surface area (TPSA) is 90.3 Å². The lowest BCUT2D eigenvalue weighted by Crippen LogP contribution is -2.28. The molecule has 0 fully saturated rings. The molecule has 1 aromatic rings. The summed E-state index contributed by atoms with van der Waals surface area (Å²) in [6.45, 7) is 2.48. The first kappa shape index (κ1) is 14.9. The number of halogens is 1. The number of allylic oxidation sites excluding steroid dienone is 1. The van der Waals surface area contributed by atoms with Crippen molar-refractivity contribution in [2.24, 2.45) is 0 Å². The van der Waals surface area contributed by atoms with Gasteiger partial charge in [0.2, 0.25) is 5.91 Å². The predicted molar refractivity (Wildman–Crippen MR) is 71.1 cm³/mol. The minimum absolute atomic E-state index is 0.333. The molecule has 8 heteroatoms. The molecule has 0 radical (unpaired) electrons. The zero-order valence-corrected chi connectivity index (χ0v) is 11.5. The van der Waals surface area contributed by atoms with Gasteiger partial charge in [-0.2, -0.15) is 4.98 Å². The van der Waals surface area contributed by atoms with Crippen LogP contribution >= 0.6 is 0 Å². The fraction of sp³-hybridized carbons (Fsp3) is 0.385. The fourth-order valence-corrected chi connectivity index (χ4v) is 2.09. The van der Waals surface area contributed by atoms with Gasteiger partial charge in [-0.05, 0) is 6.08 Å². The molecule has 0 aromatic carbocycles. The fourth-order valence-electron chi connectivity index (χ4n) is 2.09. The Balaban J connectivity index is 2.21. The van der Waals surface area contributed by atoms with Crippen LogP contribution in [0.1, 0.15) is 26.3 Å². The lowest BCUT2D eigenvalue weighted by Gasteiger charge is -2.15. The van der Waals surface area contributed by atoms with E-state index < -0.39 is 41.3 Å². The Morgan fingerprint density at radius 3 is 2.76 bits per heavy atom. The largest absolute Gasteiger partial charge is 0.458 e. The molecule has 0 bridgehead atoms. The predicted octanol–water partition coefficient (Wildman–Crippen LogP) is 0.773. The molecular weight excluding hydrogens is 281 g/mol. The molecule has 1 aliphatic carbocycles. The lowest BCUT2D eigenvalue weighted by molar-refractivity contribution is -0.144. The Morgan fingerprint density at radius 1 is 1.43 bits per heavy atom. The smallest absolute Gasteiger partial charge is 0.350 e. The van der Waals surface area contributed by atoms with Crippen molar-refractivity contribution < 1.29 is 18.7 Å². The third-order valence-electron chi connectivity index (χ3n) is 2.90. The summed E-state index contributed by atoms with van der Waals surface area (Å²) < 4.78 is 19.9. The molecule has 1 amide bonds. The van der Waals surface area contributed by atoms with Gasteiger partial charge >= 0.3 is 11.7 Å². The maximum atomic E-state index is 13.8. The normalized spacial score (nSPS) is 20.3. The van der Waals surface area contributed by atoms with E-state index in [-0.39, 0.29) is 0 Å². The van der Waals surface area contributed by atoms with E-state index in [0.717, 1.165) is 10.8 Å². The van der Waals surface area contributed by atoms with Gasteiger partial charge in [0, 0.05) is 26.5 Å². The summed E-state index contributed by atoms with van der Waals surface area (Å²) in [5.41, 5.74) is -0.696. The Labute approximate surface area is 119 Å². The summed E-state index contributed by atoms with van der Waals surface area (Å²) in [5, 5.41) is 2.14. The van der Waals surface area contributed by atoms with Gasteiger partial charge in [0.15, 0.2) is 11.6 Å². The summed E-state index contributed by atoms with van der Waals surface area (Å²) in [4.78, 5) is 37.1. The summed E-state index contributed by atoms with van der Waals surface area (Å²) in [7, 11) is 0. The van der Waals surface area contributed by atoms with Crippen LogP contribution < -0.4 is 11.0 Å². The molecule has 0 saturated carbocycles. The monoisotopic (exact) mass is 295 g/mol. The van der Waals surface area contributed by atoms with Crippen molar-refractivity contribution in [3.8, 4) is 0 Å². The number of carbonyl (C=O) groups excluding carboxylic acids is 2. The molecule has 0 aliphatic heterocycles. The van der Waals surface area contributed by atoms with E-state index in [1.807, 2.05) is 0 Å². The van der Waals surface area contributed by atoms with Gasteiger partial charge in [0.05, 0.1) is 6.04 Å². The minimum atomic E-state index is -0.811. The average Bonchev–Trinajstić information content (AvgIpc) is 2.80. The number of aromatic nitrogens is 2. The summed E-state index contributed by atoms with van der Waals surface area (Å²) in [5.74, 6) is -2.16. The van der Waals surface area contributed by atoms with Gasteiger partial charge in [0.25, 0.3) is 0 Å². The van der Waals surface area contributed by atoms with Gasteiger partial charge in [-0.3, -0.25) is 14.2 Å². The molecule has 21 heavy (non-hydrogen) atoms. The van der Waals surface area contributed by atoms with Gasteiger partial charge in [0.1, 0.15) is 6.10 Å². The Bertz CT molecular complexity index is 668. The van der Waals surface area contributed by atoms with E-state index in [1.54, 1.807) is 12.2 Å². The number of nitrogens with zero attached hydrogens (tertiary/aromatic N) is 2. The number of ether oxygens (including phenoxy) is 1. The van der Waals surface area contributed by atoms with E-state index in [1.165, 1.54) is 13.8 Å². The van der Waals surface area contributed by atoms with Crippen molar-refractivity contribution in [2.45, 2.75) is 32.4 Å². The number of rotatable bonds is 3. The zero-order chi connectivity index (χ0) is 15.6. The van der Waals surface area contributed by atoms with Gasteiger partial charge < -0.3 is 10.1 Å². The highest BCUT2D eigenvalue weighted by Crippen LogP contribution is 2.24. The molecule has 2 rings (SSSR count). The zero-order valence-electron chi connectivity index (χ0n) is 11.5. The minimum Gasteiger partial charge on any atom is -0.458 e. The highest BCUT2D eigenvalue weighted by molar-refractivity contribution is 5.87. The Hall–Kier alpha value is -2.51. The second kappa shape index (κ2) is 5.86. The van der Waals surface area contributed by atoms with Crippen molar-refractivity contribution in [1.82, 2.24) is 9.55 Å². The van der Waals surface area contributed by atoms with Crippen LogP contribution in [0.5, 0.6) is 0 Å². The molecule has 1 aliphatic rings. The number of hydrogen-bond acceptors (Lipinski definition) is 5.